The molecule has 3 N–H and O–H groups in total. The van der Waals surface area contributed by atoms with Crippen LogP contribution in [0, 0.1) is 5.92 Å². The van der Waals surface area contributed by atoms with Crippen molar-refractivity contribution in [1.82, 2.24) is 10.2 Å². The van der Waals surface area contributed by atoms with Crippen LogP contribution in [0.3, 0.4) is 0 Å². The van der Waals surface area contributed by atoms with Gasteiger partial charge >= 0.3 is 6.03 Å². The molecule has 5 nitrogen and oxygen atoms in total. The molecule has 2 atom stereocenters. The minimum Gasteiger partial charge on any atom is -0.380 e. The standard InChI is InChI=1S/C15H21N3O2/c16-15(19)18-7-5-11-3-1-2-4-13(11)14(18)12-9-17-6-8-20-10-12/h1-4,12,14,17H,5-10H2,(H2,16,19)/t12-,14?/m1/s1. The number of amides is 2. The number of fused-ring (bicyclic) bond motifs is 1. The van der Waals surface area contributed by atoms with E-state index in [4.69, 9.17) is 10.5 Å². The molecule has 20 heavy (non-hydrogen) atoms. The van der Waals surface area contributed by atoms with Crippen LogP contribution in [-0.2, 0) is 11.2 Å². The Morgan fingerprint density at radius 3 is 3.10 bits per heavy atom. The Balaban J connectivity index is 1.95. The number of nitrogens with one attached hydrogen (secondary N) is 1. The van der Waals surface area contributed by atoms with E-state index in [-0.39, 0.29) is 18.0 Å². The van der Waals surface area contributed by atoms with Crippen molar-refractivity contribution >= 4 is 6.03 Å². The van der Waals surface area contributed by atoms with Gasteiger partial charge in [0.2, 0.25) is 0 Å². The summed E-state index contributed by atoms with van der Waals surface area (Å²) in [6.07, 6.45) is 0.872. The van der Waals surface area contributed by atoms with Gasteiger partial charge in [-0.15, -0.1) is 0 Å². The van der Waals surface area contributed by atoms with Crippen molar-refractivity contribution in [2.75, 3.05) is 32.8 Å². The number of benzene rings is 1. The quantitative estimate of drug-likeness (QED) is 0.800. The van der Waals surface area contributed by atoms with Crippen LogP contribution >= 0.6 is 0 Å². The first-order chi connectivity index (χ1) is 9.77. The molecule has 0 saturated carbocycles. The Hall–Kier alpha value is -1.59. The molecule has 0 bridgehead atoms. The molecular formula is C15H21N3O2. The van der Waals surface area contributed by atoms with Crippen molar-refractivity contribution in [1.29, 1.82) is 0 Å². The third kappa shape index (κ3) is 2.51. The van der Waals surface area contributed by atoms with Gasteiger partial charge in [-0.2, -0.15) is 0 Å². The Bertz CT molecular complexity index is 484. The lowest BCUT2D eigenvalue weighted by atomic mass is 9.85. The number of hydrogen-bond donors (Lipinski definition) is 2. The second-order valence-electron chi connectivity index (χ2n) is 5.46. The Morgan fingerprint density at radius 1 is 1.40 bits per heavy atom. The monoisotopic (exact) mass is 275 g/mol. The molecule has 2 heterocycles. The summed E-state index contributed by atoms with van der Waals surface area (Å²) in [5.74, 6) is 0.242. The number of nitrogens with two attached hydrogens (primary N) is 1. The molecule has 2 aliphatic heterocycles. The zero-order chi connectivity index (χ0) is 13.9. The molecule has 0 spiro atoms. The predicted molar refractivity (Wildman–Crippen MR) is 76.4 cm³/mol. The zero-order valence-electron chi connectivity index (χ0n) is 11.5. The average molecular weight is 275 g/mol. The second kappa shape index (κ2) is 5.81. The smallest absolute Gasteiger partial charge is 0.315 e. The number of carbonyl (C=O) groups excluding carboxylic acids is 1. The SMILES string of the molecule is NC(=O)N1CCc2ccccc2C1[C@@H]1CNCCOC1. The molecule has 2 amide bonds. The number of rotatable bonds is 1. The molecule has 1 aromatic carbocycles. The van der Waals surface area contributed by atoms with Gasteiger partial charge in [0, 0.05) is 25.6 Å². The van der Waals surface area contributed by atoms with Crippen LogP contribution in [0.4, 0.5) is 4.79 Å². The summed E-state index contributed by atoms with van der Waals surface area (Å²) in [4.78, 5) is 13.6. The highest BCUT2D eigenvalue weighted by atomic mass is 16.5. The molecule has 1 unspecified atom stereocenters. The number of carbonyl (C=O) groups is 1. The van der Waals surface area contributed by atoms with E-state index in [0.717, 1.165) is 26.1 Å². The van der Waals surface area contributed by atoms with Crippen LogP contribution < -0.4 is 11.1 Å². The number of primary amides is 1. The van der Waals surface area contributed by atoms with E-state index in [1.165, 1.54) is 11.1 Å². The van der Waals surface area contributed by atoms with Gasteiger partial charge in [-0.3, -0.25) is 0 Å². The van der Waals surface area contributed by atoms with E-state index in [0.29, 0.717) is 13.2 Å². The van der Waals surface area contributed by atoms with Gasteiger partial charge in [0.1, 0.15) is 0 Å². The van der Waals surface area contributed by atoms with Gasteiger partial charge in [-0.25, -0.2) is 4.79 Å². The average Bonchev–Trinajstić information content (AvgIpc) is 2.74. The van der Waals surface area contributed by atoms with E-state index in [1.54, 1.807) is 4.90 Å². The van der Waals surface area contributed by atoms with Crippen LogP contribution in [0.25, 0.3) is 0 Å². The Kier molecular flexibility index (Phi) is 3.89. The van der Waals surface area contributed by atoms with Crippen LogP contribution in [0.15, 0.2) is 24.3 Å². The van der Waals surface area contributed by atoms with Crippen LogP contribution in [0.2, 0.25) is 0 Å². The Morgan fingerprint density at radius 2 is 2.25 bits per heavy atom. The highest BCUT2D eigenvalue weighted by Gasteiger charge is 2.35. The van der Waals surface area contributed by atoms with Crippen molar-refractivity contribution in [2.45, 2.75) is 12.5 Å². The van der Waals surface area contributed by atoms with Gasteiger partial charge < -0.3 is 20.7 Å². The van der Waals surface area contributed by atoms with Crippen molar-refractivity contribution in [2.24, 2.45) is 11.7 Å². The minimum atomic E-state index is -0.339. The third-order valence-electron chi connectivity index (χ3n) is 4.22. The molecule has 108 valence electrons. The van der Waals surface area contributed by atoms with Crippen molar-refractivity contribution < 1.29 is 9.53 Å². The number of hydrogen-bond acceptors (Lipinski definition) is 3. The number of nitrogens with zero attached hydrogens (tertiary/aromatic N) is 1. The summed E-state index contributed by atoms with van der Waals surface area (Å²) in [5.41, 5.74) is 8.12. The summed E-state index contributed by atoms with van der Waals surface area (Å²) < 4.78 is 5.66. The van der Waals surface area contributed by atoms with Gasteiger partial charge in [-0.1, -0.05) is 24.3 Å². The largest absolute Gasteiger partial charge is 0.380 e. The molecule has 0 radical (unpaired) electrons. The van der Waals surface area contributed by atoms with Crippen LogP contribution in [0.5, 0.6) is 0 Å². The lowest BCUT2D eigenvalue weighted by Crippen LogP contribution is -2.48. The summed E-state index contributed by atoms with van der Waals surface area (Å²) in [5, 5.41) is 3.38. The fourth-order valence-corrected chi connectivity index (χ4v) is 3.28. The molecular weight excluding hydrogens is 254 g/mol. The van der Waals surface area contributed by atoms with Gasteiger partial charge in [0.25, 0.3) is 0 Å². The molecule has 2 aliphatic rings. The normalized spacial score (nSPS) is 26.7. The predicted octanol–water partition coefficient (Wildman–Crippen LogP) is 0.901. The molecule has 3 rings (SSSR count). The Labute approximate surface area is 119 Å². The third-order valence-corrected chi connectivity index (χ3v) is 4.22. The molecule has 1 saturated heterocycles. The van der Waals surface area contributed by atoms with Gasteiger partial charge in [-0.05, 0) is 17.5 Å². The summed E-state index contributed by atoms with van der Waals surface area (Å²) in [6.45, 7) is 3.79. The highest BCUT2D eigenvalue weighted by Crippen LogP contribution is 2.35. The van der Waals surface area contributed by atoms with Gasteiger partial charge in [0.05, 0.1) is 19.3 Å². The summed E-state index contributed by atoms with van der Waals surface area (Å²) >= 11 is 0. The van der Waals surface area contributed by atoms with Crippen molar-refractivity contribution in [3.05, 3.63) is 35.4 Å². The lowest BCUT2D eigenvalue weighted by molar-refractivity contribution is 0.0763. The fraction of sp³-hybridized carbons (Fsp3) is 0.533. The van der Waals surface area contributed by atoms with E-state index in [1.807, 2.05) is 6.07 Å². The second-order valence-corrected chi connectivity index (χ2v) is 5.46. The number of urea groups is 1. The first-order valence-corrected chi connectivity index (χ1v) is 7.19. The maximum atomic E-state index is 11.8. The molecule has 1 aromatic rings. The molecule has 0 aliphatic carbocycles. The minimum absolute atomic E-state index is 0.0167. The van der Waals surface area contributed by atoms with Crippen LogP contribution in [-0.4, -0.2) is 43.8 Å². The van der Waals surface area contributed by atoms with Crippen molar-refractivity contribution in [3.8, 4) is 0 Å². The topological polar surface area (TPSA) is 67.6 Å². The lowest BCUT2D eigenvalue weighted by Gasteiger charge is -2.40. The fourth-order valence-electron chi connectivity index (χ4n) is 3.28. The summed E-state index contributed by atoms with van der Waals surface area (Å²) in [7, 11) is 0. The maximum Gasteiger partial charge on any atom is 0.315 e. The first kappa shape index (κ1) is 13.4. The molecule has 1 fully saturated rings. The maximum absolute atomic E-state index is 11.8. The zero-order valence-corrected chi connectivity index (χ0v) is 11.5. The summed E-state index contributed by atoms with van der Waals surface area (Å²) in [6, 6.07) is 8.02. The van der Waals surface area contributed by atoms with E-state index >= 15 is 0 Å². The molecule has 0 aromatic heterocycles. The first-order valence-electron chi connectivity index (χ1n) is 7.19. The van der Waals surface area contributed by atoms with E-state index in [2.05, 4.69) is 23.5 Å². The van der Waals surface area contributed by atoms with Crippen LogP contribution in [0.1, 0.15) is 17.2 Å². The van der Waals surface area contributed by atoms with E-state index < -0.39 is 0 Å². The van der Waals surface area contributed by atoms with Crippen molar-refractivity contribution in [3.63, 3.8) is 0 Å². The highest BCUT2D eigenvalue weighted by molar-refractivity contribution is 5.73. The van der Waals surface area contributed by atoms with Gasteiger partial charge in [0.15, 0.2) is 0 Å². The number of ether oxygens (including phenoxy) is 1. The molecule has 5 heteroatoms. The van der Waals surface area contributed by atoms with E-state index in [9.17, 15) is 4.79 Å².